The number of ether oxygens (including phenoxy) is 1. The minimum atomic E-state index is -3.99. The number of benzene rings is 4. The molecule has 168 valence electrons. The van der Waals surface area contributed by atoms with Crippen LogP contribution in [0.3, 0.4) is 0 Å². The van der Waals surface area contributed by atoms with Gasteiger partial charge in [-0.2, -0.15) is 0 Å². The Balaban J connectivity index is 1.68. The van der Waals surface area contributed by atoms with Crippen molar-refractivity contribution >= 4 is 38.1 Å². The predicted molar refractivity (Wildman–Crippen MR) is 131 cm³/mol. The van der Waals surface area contributed by atoms with Crippen LogP contribution in [0.15, 0.2) is 95.9 Å². The van der Waals surface area contributed by atoms with Gasteiger partial charge in [-0.25, -0.2) is 8.42 Å². The summed E-state index contributed by atoms with van der Waals surface area (Å²) in [5.41, 5.74) is 1.93. The van der Waals surface area contributed by atoms with Gasteiger partial charge in [0.1, 0.15) is 12.3 Å². The first-order chi connectivity index (χ1) is 15.9. The number of anilines is 2. The van der Waals surface area contributed by atoms with Gasteiger partial charge in [-0.3, -0.25) is 9.10 Å². The van der Waals surface area contributed by atoms with Crippen LogP contribution >= 0.6 is 0 Å². The number of methoxy groups -OCH3 is 1. The standard InChI is InChI=1S/C26H24N2O4S/c1-19-10-16-23(17-11-19)33(30,31)28(21-12-14-22(32-2)15-13-21)18-26(29)27-25-9-5-7-20-6-3-4-8-24(20)25/h3-17H,18H2,1-2H3,(H,27,29). The van der Waals surface area contributed by atoms with Gasteiger partial charge >= 0.3 is 0 Å². The van der Waals surface area contributed by atoms with E-state index in [0.717, 1.165) is 20.6 Å². The third-order valence-corrected chi connectivity index (χ3v) is 7.11. The Morgan fingerprint density at radius 3 is 2.24 bits per heavy atom. The Morgan fingerprint density at radius 1 is 0.879 bits per heavy atom. The summed E-state index contributed by atoms with van der Waals surface area (Å²) in [7, 11) is -2.45. The zero-order chi connectivity index (χ0) is 23.4. The molecule has 0 saturated heterocycles. The largest absolute Gasteiger partial charge is 0.497 e. The molecule has 0 bridgehead atoms. The number of amides is 1. The van der Waals surface area contributed by atoms with Gasteiger partial charge in [0, 0.05) is 11.1 Å². The molecule has 0 atom stereocenters. The molecule has 7 heteroatoms. The summed E-state index contributed by atoms with van der Waals surface area (Å²) in [5.74, 6) is 0.143. The molecule has 1 N–H and O–H groups in total. The molecule has 0 aliphatic heterocycles. The fourth-order valence-electron chi connectivity index (χ4n) is 3.56. The van der Waals surface area contributed by atoms with Gasteiger partial charge < -0.3 is 10.1 Å². The summed E-state index contributed by atoms with van der Waals surface area (Å²) in [5, 5.41) is 4.73. The van der Waals surface area contributed by atoms with Gasteiger partial charge in [-0.15, -0.1) is 0 Å². The molecule has 4 aromatic carbocycles. The first-order valence-electron chi connectivity index (χ1n) is 10.4. The third kappa shape index (κ3) is 4.83. The summed E-state index contributed by atoms with van der Waals surface area (Å²) in [6.45, 7) is 1.50. The summed E-state index contributed by atoms with van der Waals surface area (Å²) in [6.07, 6.45) is 0. The number of aryl methyl sites for hydroxylation is 1. The normalized spacial score (nSPS) is 11.2. The highest BCUT2D eigenvalue weighted by molar-refractivity contribution is 7.92. The van der Waals surface area contributed by atoms with E-state index in [1.807, 2.05) is 43.3 Å². The highest BCUT2D eigenvalue weighted by Crippen LogP contribution is 2.27. The van der Waals surface area contributed by atoms with Crippen LogP contribution < -0.4 is 14.4 Å². The van der Waals surface area contributed by atoms with Crippen molar-refractivity contribution < 1.29 is 17.9 Å². The molecule has 0 spiro atoms. The number of hydrogen-bond donors (Lipinski definition) is 1. The zero-order valence-corrected chi connectivity index (χ0v) is 19.2. The van der Waals surface area contributed by atoms with Gasteiger partial charge in [-0.05, 0) is 54.8 Å². The number of nitrogens with zero attached hydrogens (tertiary/aromatic N) is 1. The average molecular weight is 461 g/mol. The van der Waals surface area contributed by atoms with E-state index in [4.69, 9.17) is 4.74 Å². The number of hydrogen-bond acceptors (Lipinski definition) is 4. The van der Waals surface area contributed by atoms with Crippen LogP contribution in [0.2, 0.25) is 0 Å². The molecular formula is C26H24N2O4S. The quantitative estimate of drug-likeness (QED) is 0.422. The Bertz CT molecular complexity index is 1380. The van der Waals surface area contributed by atoms with Crippen molar-refractivity contribution in [2.24, 2.45) is 0 Å². The van der Waals surface area contributed by atoms with E-state index in [0.29, 0.717) is 17.1 Å². The molecule has 0 aliphatic rings. The number of fused-ring (bicyclic) bond motifs is 1. The molecule has 0 saturated carbocycles. The second-order valence-electron chi connectivity index (χ2n) is 7.60. The van der Waals surface area contributed by atoms with E-state index in [9.17, 15) is 13.2 Å². The lowest BCUT2D eigenvalue weighted by Crippen LogP contribution is -2.38. The molecular weight excluding hydrogens is 436 g/mol. The van der Waals surface area contributed by atoms with E-state index in [1.54, 1.807) is 54.6 Å². The van der Waals surface area contributed by atoms with E-state index < -0.39 is 15.9 Å². The lowest BCUT2D eigenvalue weighted by atomic mass is 10.1. The molecule has 0 heterocycles. The highest BCUT2D eigenvalue weighted by atomic mass is 32.2. The van der Waals surface area contributed by atoms with Gasteiger partial charge in [0.25, 0.3) is 10.0 Å². The molecule has 0 aromatic heterocycles. The first kappa shape index (κ1) is 22.4. The van der Waals surface area contributed by atoms with Crippen LogP contribution in [0.25, 0.3) is 10.8 Å². The maximum Gasteiger partial charge on any atom is 0.264 e. The van der Waals surface area contributed by atoms with Crippen molar-refractivity contribution in [3.8, 4) is 5.75 Å². The Kier molecular flexibility index (Phi) is 6.33. The molecule has 4 aromatic rings. The number of sulfonamides is 1. The van der Waals surface area contributed by atoms with E-state index >= 15 is 0 Å². The second-order valence-corrected chi connectivity index (χ2v) is 9.46. The summed E-state index contributed by atoms with van der Waals surface area (Å²) in [6, 6.07) is 26.4. The molecule has 0 fully saturated rings. The minimum absolute atomic E-state index is 0.113. The van der Waals surface area contributed by atoms with Crippen LogP contribution in [0, 0.1) is 6.92 Å². The molecule has 6 nitrogen and oxygen atoms in total. The van der Waals surface area contributed by atoms with E-state index in [1.165, 1.54) is 7.11 Å². The number of rotatable bonds is 7. The molecule has 0 radical (unpaired) electrons. The van der Waals surface area contributed by atoms with Gasteiger partial charge in [-0.1, -0.05) is 54.1 Å². The van der Waals surface area contributed by atoms with Crippen LogP contribution in [0.5, 0.6) is 5.75 Å². The van der Waals surface area contributed by atoms with Crippen LogP contribution in [0.4, 0.5) is 11.4 Å². The maximum absolute atomic E-state index is 13.5. The second kappa shape index (κ2) is 9.34. The summed E-state index contributed by atoms with van der Waals surface area (Å²) >= 11 is 0. The molecule has 1 amide bonds. The maximum atomic E-state index is 13.5. The van der Waals surface area contributed by atoms with Crippen LogP contribution in [-0.4, -0.2) is 28.0 Å². The molecule has 0 unspecified atom stereocenters. The monoisotopic (exact) mass is 460 g/mol. The van der Waals surface area contributed by atoms with Gasteiger partial charge in [0.05, 0.1) is 17.7 Å². The lowest BCUT2D eigenvalue weighted by molar-refractivity contribution is -0.114. The summed E-state index contributed by atoms with van der Waals surface area (Å²) in [4.78, 5) is 13.2. The fourth-order valence-corrected chi connectivity index (χ4v) is 4.98. The van der Waals surface area contributed by atoms with Crippen molar-refractivity contribution in [3.63, 3.8) is 0 Å². The van der Waals surface area contributed by atoms with Crippen molar-refractivity contribution in [2.45, 2.75) is 11.8 Å². The number of nitrogens with one attached hydrogen (secondary N) is 1. The minimum Gasteiger partial charge on any atom is -0.497 e. The Morgan fingerprint density at radius 2 is 1.55 bits per heavy atom. The predicted octanol–water partition coefficient (Wildman–Crippen LogP) is 4.99. The Hall–Kier alpha value is -3.84. The van der Waals surface area contributed by atoms with Gasteiger partial charge in [0.15, 0.2) is 0 Å². The van der Waals surface area contributed by atoms with Crippen LogP contribution in [-0.2, 0) is 14.8 Å². The van der Waals surface area contributed by atoms with Crippen molar-refractivity contribution in [1.82, 2.24) is 0 Å². The zero-order valence-electron chi connectivity index (χ0n) is 18.4. The Labute approximate surface area is 193 Å². The average Bonchev–Trinajstić information content (AvgIpc) is 2.83. The van der Waals surface area contributed by atoms with E-state index in [2.05, 4.69) is 5.32 Å². The SMILES string of the molecule is COc1ccc(N(CC(=O)Nc2cccc3ccccc23)S(=O)(=O)c2ccc(C)cc2)cc1. The smallest absolute Gasteiger partial charge is 0.264 e. The first-order valence-corrected chi connectivity index (χ1v) is 11.8. The van der Waals surface area contributed by atoms with Crippen molar-refractivity contribution in [3.05, 3.63) is 96.6 Å². The number of carbonyl (C=O) groups excluding carboxylic acids is 1. The number of carbonyl (C=O) groups is 1. The van der Waals surface area contributed by atoms with Crippen molar-refractivity contribution in [1.29, 1.82) is 0 Å². The lowest BCUT2D eigenvalue weighted by Gasteiger charge is -2.24. The van der Waals surface area contributed by atoms with Crippen LogP contribution in [0.1, 0.15) is 5.56 Å². The van der Waals surface area contributed by atoms with Gasteiger partial charge in [0.2, 0.25) is 5.91 Å². The molecule has 33 heavy (non-hydrogen) atoms. The molecule has 0 aliphatic carbocycles. The topological polar surface area (TPSA) is 75.7 Å². The third-order valence-electron chi connectivity index (χ3n) is 5.32. The fraction of sp³-hybridized carbons (Fsp3) is 0.115. The summed E-state index contributed by atoms with van der Waals surface area (Å²) < 4.78 is 33.3. The van der Waals surface area contributed by atoms with E-state index in [-0.39, 0.29) is 11.4 Å². The highest BCUT2D eigenvalue weighted by Gasteiger charge is 2.27. The molecule has 4 rings (SSSR count). The van der Waals surface area contributed by atoms with Crippen molar-refractivity contribution in [2.75, 3.05) is 23.3 Å².